The Hall–Kier alpha value is -2.22. The lowest BCUT2D eigenvalue weighted by Crippen LogP contribution is -2.65. The monoisotopic (exact) mass is 418 g/mol. The molecule has 30 heavy (non-hydrogen) atoms. The number of amides is 2. The van der Waals surface area contributed by atoms with Crippen molar-refractivity contribution < 1.29 is 19.1 Å². The van der Waals surface area contributed by atoms with Gasteiger partial charge in [-0.05, 0) is 58.4 Å². The quantitative estimate of drug-likeness (QED) is 0.589. The summed E-state index contributed by atoms with van der Waals surface area (Å²) in [6.45, 7) is 3.65. The lowest BCUT2D eigenvalue weighted by Gasteiger charge is -2.60. The van der Waals surface area contributed by atoms with Crippen LogP contribution < -0.4 is 11.1 Å². The number of aromatic nitrogens is 1. The van der Waals surface area contributed by atoms with Crippen LogP contribution in [0.5, 0.6) is 0 Å². The highest BCUT2D eigenvalue weighted by molar-refractivity contribution is 5.99. The molecule has 1 aliphatic heterocycles. The Kier molecular flexibility index (Phi) is 5.03. The zero-order valence-corrected chi connectivity index (χ0v) is 17.7. The van der Waals surface area contributed by atoms with E-state index >= 15 is 0 Å². The minimum atomic E-state index is -1.57. The number of hydrogen-bond donors (Lipinski definition) is 3. The van der Waals surface area contributed by atoms with Gasteiger partial charge in [0.15, 0.2) is 0 Å². The molecule has 3 saturated carbocycles. The standard InChI is InChI=1S/C22H31FN4O3/c1-20(2,30)16(23)13-15-18(19(24)29)14(3-11-25-15)26-21-5-8-22(9-6-21,10-7-21)27-12-4-17(27)28/h3,11,16,30H,4-10,12-13H2,1-2H3,(H2,24,29)(H,25,26)/t16-,21?,22?/m1/s1. The predicted octanol–water partition coefficient (Wildman–Crippen LogP) is 2.32. The number of carbonyl (C=O) groups excluding carboxylic acids is 2. The van der Waals surface area contributed by atoms with E-state index in [2.05, 4.69) is 15.2 Å². The maximum absolute atomic E-state index is 14.5. The molecular formula is C22H31FN4O3. The summed E-state index contributed by atoms with van der Waals surface area (Å²) in [4.78, 5) is 30.5. The van der Waals surface area contributed by atoms with Gasteiger partial charge in [0.25, 0.3) is 5.91 Å². The lowest BCUT2D eigenvalue weighted by atomic mass is 9.60. The molecule has 2 heterocycles. The molecule has 164 valence electrons. The molecule has 0 unspecified atom stereocenters. The van der Waals surface area contributed by atoms with E-state index in [1.165, 1.54) is 13.8 Å². The number of nitrogens with two attached hydrogens (primary N) is 1. The summed E-state index contributed by atoms with van der Waals surface area (Å²) in [5.41, 5.74) is 4.98. The molecule has 4 N–H and O–H groups in total. The van der Waals surface area contributed by atoms with Crippen molar-refractivity contribution in [2.45, 2.75) is 88.1 Å². The van der Waals surface area contributed by atoms with Crippen LogP contribution in [0.3, 0.4) is 0 Å². The zero-order valence-electron chi connectivity index (χ0n) is 17.7. The highest BCUT2D eigenvalue weighted by atomic mass is 19.1. The predicted molar refractivity (Wildman–Crippen MR) is 111 cm³/mol. The number of likely N-dealkylation sites (tertiary alicyclic amines) is 1. The van der Waals surface area contributed by atoms with Crippen LogP contribution in [0, 0.1) is 0 Å². The van der Waals surface area contributed by atoms with Gasteiger partial charge in [0.1, 0.15) is 6.17 Å². The van der Waals surface area contributed by atoms with Crippen LogP contribution in [0.15, 0.2) is 12.3 Å². The van der Waals surface area contributed by atoms with Gasteiger partial charge in [-0.2, -0.15) is 0 Å². The van der Waals surface area contributed by atoms with E-state index in [1.54, 1.807) is 12.3 Å². The van der Waals surface area contributed by atoms with E-state index in [-0.39, 0.29) is 34.7 Å². The maximum atomic E-state index is 14.5. The molecule has 1 atom stereocenters. The van der Waals surface area contributed by atoms with E-state index in [9.17, 15) is 19.1 Å². The molecule has 3 aliphatic carbocycles. The van der Waals surface area contributed by atoms with E-state index in [1.807, 2.05) is 0 Å². The molecule has 0 radical (unpaired) electrons. The Morgan fingerprint density at radius 2 is 1.97 bits per heavy atom. The van der Waals surface area contributed by atoms with Crippen molar-refractivity contribution in [1.82, 2.24) is 9.88 Å². The number of alkyl halides is 1. The third kappa shape index (κ3) is 3.55. The van der Waals surface area contributed by atoms with Gasteiger partial charge in [0, 0.05) is 36.7 Å². The fourth-order valence-corrected chi connectivity index (χ4v) is 5.32. The molecule has 5 rings (SSSR count). The summed E-state index contributed by atoms with van der Waals surface area (Å²) < 4.78 is 14.5. The second-order valence-electron chi connectivity index (χ2n) is 9.79. The fourth-order valence-electron chi connectivity index (χ4n) is 5.32. The van der Waals surface area contributed by atoms with E-state index < -0.39 is 17.7 Å². The number of anilines is 1. The van der Waals surface area contributed by atoms with Crippen LogP contribution >= 0.6 is 0 Å². The van der Waals surface area contributed by atoms with Gasteiger partial charge in [-0.25, -0.2) is 4.39 Å². The number of hydrogen-bond acceptors (Lipinski definition) is 5. The van der Waals surface area contributed by atoms with Crippen molar-refractivity contribution in [3.8, 4) is 0 Å². The van der Waals surface area contributed by atoms with Crippen molar-refractivity contribution >= 4 is 17.5 Å². The molecule has 1 saturated heterocycles. The molecule has 4 aliphatic rings. The molecular weight excluding hydrogens is 387 g/mol. The minimum absolute atomic E-state index is 0.00282. The Bertz CT molecular complexity index is 842. The Morgan fingerprint density at radius 1 is 1.33 bits per heavy atom. The first-order valence-corrected chi connectivity index (χ1v) is 10.8. The van der Waals surface area contributed by atoms with Gasteiger partial charge in [-0.1, -0.05) is 0 Å². The lowest BCUT2D eigenvalue weighted by molar-refractivity contribution is -0.155. The molecule has 2 bridgehead atoms. The van der Waals surface area contributed by atoms with E-state index in [0.29, 0.717) is 12.1 Å². The van der Waals surface area contributed by atoms with Gasteiger partial charge >= 0.3 is 0 Å². The fraction of sp³-hybridized carbons (Fsp3) is 0.682. The van der Waals surface area contributed by atoms with Crippen LogP contribution in [-0.4, -0.2) is 56.2 Å². The van der Waals surface area contributed by atoms with Gasteiger partial charge in [-0.15, -0.1) is 0 Å². The third-order valence-electron chi connectivity index (χ3n) is 7.44. The van der Waals surface area contributed by atoms with Gasteiger partial charge in [-0.3, -0.25) is 14.6 Å². The summed E-state index contributed by atoms with van der Waals surface area (Å²) in [6.07, 6.45) is 5.99. The SMILES string of the molecule is CC(C)(O)[C@H](F)Cc1nccc(NC23CCC(N4CCC4=O)(CC2)CC3)c1C(N)=O. The van der Waals surface area contributed by atoms with Crippen LogP contribution in [0.1, 0.15) is 74.8 Å². The first-order valence-electron chi connectivity index (χ1n) is 10.8. The maximum Gasteiger partial charge on any atom is 0.252 e. The van der Waals surface area contributed by atoms with Crippen molar-refractivity contribution in [2.24, 2.45) is 5.73 Å². The van der Waals surface area contributed by atoms with E-state index in [4.69, 9.17) is 5.73 Å². The Morgan fingerprint density at radius 3 is 2.43 bits per heavy atom. The highest BCUT2D eigenvalue weighted by Gasteiger charge is 2.54. The number of primary amides is 1. The normalized spacial score (nSPS) is 29.5. The van der Waals surface area contributed by atoms with Crippen molar-refractivity contribution in [1.29, 1.82) is 0 Å². The van der Waals surface area contributed by atoms with Crippen molar-refractivity contribution in [3.05, 3.63) is 23.5 Å². The molecule has 1 aromatic rings. The third-order valence-corrected chi connectivity index (χ3v) is 7.44. The van der Waals surface area contributed by atoms with Gasteiger partial charge < -0.3 is 21.1 Å². The second-order valence-corrected chi connectivity index (χ2v) is 9.79. The number of nitrogens with zero attached hydrogens (tertiary/aromatic N) is 2. The smallest absolute Gasteiger partial charge is 0.252 e. The van der Waals surface area contributed by atoms with Gasteiger partial charge in [0.05, 0.1) is 22.5 Å². The number of carbonyl (C=O) groups is 2. The second kappa shape index (κ2) is 7.18. The summed E-state index contributed by atoms with van der Waals surface area (Å²) in [5, 5.41) is 13.5. The largest absolute Gasteiger partial charge is 0.387 e. The first kappa shape index (κ1) is 21.0. The Labute approximate surface area is 176 Å². The van der Waals surface area contributed by atoms with Crippen LogP contribution in [0.25, 0.3) is 0 Å². The van der Waals surface area contributed by atoms with Crippen molar-refractivity contribution in [2.75, 3.05) is 11.9 Å². The van der Waals surface area contributed by atoms with Crippen LogP contribution in [0.2, 0.25) is 0 Å². The first-order chi connectivity index (χ1) is 14.1. The number of aliphatic hydroxyl groups is 1. The van der Waals surface area contributed by atoms with Crippen molar-refractivity contribution in [3.63, 3.8) is 0 Å². The molecule has 0 spiro atoms. The number of fused-ring (bicyclic) bond motifs is 3. The summed E-state index contributed by atoms with van der Waals surface area (Å²) in [6, 6.07) is 1.71. The molecule has 2 amide bonds. The number of nitrogens with one attached hydrogen (secondary N) is 1. The molecule has 4 fully saturated rings. The molecule has 7 nitrogen and oxygen atoms in total. The van der Waals surface area contributed by atoms with Gasteiger partial charge in [0.2, 0.25) is 5.91 Å². The minimum Gasteiger partial charge on any atom is -0.387 e. The number of β-lactam (4-membered cyclic amide) rings is 1. The highest BCUT2D eigenvalue weighted by Crippen LogP contribution is 2.52. The van der Waals surface area contributed by atoms with Crippen LogP contribution in [0.4, 0.5) is 10.1 Å². The molecule has 1 aromatic heterocycles. The summed E-state index contributed by atoms with van der Waals surface area (Å²) >= 11 is 0. The van der Waals surface area contributed by atoms with E-state index in [0.717, 1.165) is 45.1 Å². The average Bonchev–Trinajstić information content (AvgIpc) is 2.67. The topological polar surface area (TPSA) is 109 Å². The molecule has 8 heteroatoms. The number of rotatable bonds is 7. The summed E-state index contributed by atoms with van der Waals surface area (Å²) in [7, 11) is 0. The summed E-state index contributed by atoms with van der Waals surface area (Å²) in [5.74, 6) is -0.396. The van der Waals surface area contributed by atoms with Crippen LogP contribution in [-0.2, 0) is 11.2 Å². The average molecular weight is 419 g/mol. The zero-order chi connectivity index (χ0) is 21.7. The molecule has 0 aromatic carbocycles. The number of halogens is 1. The Balaban J connectivity index is 1.55. The number of pyridine rings is 1.